The van der Waals surface area contributed by atoms with E-state index in [1.807, 2.05) is 18.2 Å². The molecule has 1 aromatic carbocycles. The summed E-state index contributed by atoms with van der Waals surface area (Å²) < 4.78 is 0. The van der Waals surface area contributed by atoms with Crippen molar-refractivity contribution in [3.05, 3.63) is 35.9 Å². The van der Waals surface area contributed by atoms with E-state index < -0.39 is 0 Å². The molecule has 128 valence electrons. The summed E-state index contributed by atoms with van der Waals surface area (Å²) in [6, 6.07) is 9.25. The number of likely N-dealkylation sites (tertiary alicyclic amines) is 2. The monoisotopic (exact) mass is 329 g/mol. The molecule has 0 spiro atoms. The summed E-state index contributed by atoms with van der Waals surface area (Å²) in [7, 11) is 0. The van der Waals surface area contributed by atoms with Gasteiger partial charge in [0.2, 0.25) is 11.8 Å². The van der Waals surface area contributed by atoms with Crippen molar-refractivity contribution in [3.8, 4) is 0 Å². The third-order valence-corrected chi connectivity index (χ3v) is 4.72. The lowest BCUT2D eigenvalue weighted by atomic mass is 10.0. The maximum Gasteiger partial charge on any atom is 0.251 e. The molecule has 0 bridgehead atoms. The summed E-state index contributed by atoms with van der Waals surface area (Å²) in [5.74, 6) is 0.0227. The molecule has 0 aromatic heterocycles. The van der Waals surface area contributed by atoms with Crippen LogP contribution in [0, 0.1) is 0 Å². The molecule has 3 amide bonds. The molecule has 0 radical (unpaired) electrons. The number of hydrogen-bond acceptors (Lipinski definition) is 3. The van der Waals surface area contributed by atoms with Crippen LogP contribution >= 0.6 is 0 Å². The Kier molecular flexibility index (Phi) is 5.13. The molecule has 2 fully saturated rings. The summed E-state index contributed by atoms with van der Waals surface area (Å²) in [6.45, 7) is 2.13. The van der Waals surface area contributed by atoms with Crippen molar-refractivity contribution in [2.75, 3.05) is 26.2 Å². The molecule has 0 saturated carbocycles. The van der Waals surface area contributed by atoms with Crippen LogP contribution in [-0.2, 0) is 9.59 Å². The second kappa shape index (κ2) is 7.47. The number of nitrogens with one attached hydrogen (secondary N) is 1. The lowest BCUT2D eigenvalue weighted by Crippen LogP contribution is -2.49. The number of hydrogen-bond donors (Lipinski definition) is 1. The van der Waals surface area contributed by atoms with Crippen molar-refractivity contribution in [1.29, 1.82) is 0 Å². The van der Waals surface area contributed by atoms with E-state index in [1.54, 1.807) is 21.9 Å². The minimum Gasteiger partial charge on any atom is -0.349 e. The van der Waals surface area contributed by atoms with Crippen molar-refractivity contribution in [3.63, 3.8) is 0 Å². The van der Waals surface area contributed by atoms with Gasteiger partial charge in [-0.3, -0.25) is 14.4 Å². The smallest absolute Gasteiger partial charge is 0.251 e. The number of piperidine rings is 1. The summed E-state index contributed by atoms with van der Waals surface area (Å²) in [6.07, 6.45) is 2.90. The van der Waals surface area contributed by atoms with Gasteiger partial charge in [0.25, 0.3) is 5.91 Å². The van der Waals surface area contributed by atoms with Crippen molar-refractivity contribution < 1.29 is 14.4 Å². The highest BCUT2D eigenvalue weighted by Gasteiger charge is 2.28. The van der Waals surface area contributed by atoms with E-state index in [4.69, 9.17) is 0 Å². The average Bonchev–Trinajstić information content (AvgIpc) is 3.01. The zero-order valence-corrected chi connectivity index (χ0v) is 13.7. The highest BCUT2D eigenvalue weighted by Crippen LogP contribution is 2.14. The van der Waals surface area contributed by atoms with Gasteiger partial charge in [-0.1, -0.05) is 18.2 Å². The SMILES string of the molecule is O=C(NC1CCN(C(=O)CN2CCCC2=O)CC1)c1ccccc1. The summed E-state index contributed by atoms with van der Waals surface area (Å²) in [5.41, 5.74) is 0.656. The van der Waals surface area contributed by atoms with Crippen LogP contribution in [0.4, 0.5) is 0 Å². The highest BCUT2D eigenvalue weighted by atomic mass is 16.2. The zero-order chi connectivity index (χ0) is 16.9. The number of amides is 3. The molecule has 2 aliphatic rings. The normalized spacial score (nSPS) is 18.8. The average molecular weight is 329 g/mol. The van der Waals surface area contributed by atoms with Gasteiger partial charge in [-0.2, -0.15) is 0 Å². The number of nitrogens with zero attached hydrogens (tertiary/aromatic N) is 2. The summed E-state index contributed by atoms with van der Waals surface area (Å²) >= 11 is 0. The van der Waals surface area contributed by atoms with Gasteiger partial charge in [-0.15, -0.1) is 0 Å². The minimum absolute atomic E-state index is 0.0121. The minimum atomic E-state index is -0.0666. The molecule has 6 heteroatoms. The Morgan fingerprint density at radius 1 is 1.08 bits per heavy atom. The fourth-order valence-electron chi connectivity index (χ4n) is 3.27. The number of benzene rings is 1. The molecule has 24 heavy (non-hydrogen) atoms. The fourth-order valence-corrected chi connectivity index (χ4v) is 3.27. The maximum atomic E-state index is 12.3. The molecule has 2 heterocycles. The van der Waals surface area contributed by atoms with Crippen molar-refractivity contribution in [2.45, 2.75) is 31.7 Å². The first-order valence-electron chi connectivity index (χ1n) is 8.55. The van der Waals surface area contributed by atoms with Crippen LogP contribution in [0.3, 0.4) is 0 Å². The van der Waals surface area contributed by atoms with Crippen molar-refractivity contribution >= 4 is 17.7 Å². The Hall–Kier alpha value is -2.37. The van der Waals surface area contributed by atoms with Crippen molar-refractivity contribution in [1.82, 2.24) is 15.1 Å². The van der Waals surface area contributed by atoms with Crippen molar-refractivity contribution in [2.24, 2.45) is 0 Å². The van der Waals surface area contributed by atoms with Gasteiger partial charge in [0, 0.05) is 37.7 Å². The molecular weight excluding hydrogens is 306 g/mol. The lowest BCUT2D eigenvalue weighted by Gasteiger charge is -2.33. The molecule has 1 N–H and O–H groups in total. The Morgan fingerprint density at radius 2 is 1.79 bits per heavy atom. The maximum absolute atomic E-state index is 12.3. The lowest BCUT2D eigenvalue weighted by molar-refractivity contribution is -0.139. The van der Waals surface area contributed by atoms with E-state index in [2.05, 4.69) is 5.32 Å². The second-order valence-corrected chi connectivity index (χ2v) is 6.41. The molecule has 3 rings (SSSR count). The van der Waals surface area contributed by atoms with Gasteiger partial charge in [-0.05, 0) is 31.4 Å². The first-order valence-corrected chi connectivity index (χ1v) is 8.55. The molecule has 0 unspecified atom stereocenters. The van der Waals surface area contributed by atoms with E-state index in [0.29, 0.717) is 31.6 Å². The molecule has 1 aromatic rings. The van der Waals surface area contributed by atoms with Gasteiger partial charge in [0.15, 0.2) is 0 Å². The molecule has 0 aliphatic carbocycles. The zero-order valence-electron chi connectivity index (χ0n) is 13.7. The first-order chi connectivity index (χ1) is 11.6. The van der Waals surface area contributed by atoms with E-state index in [-0.39, 0.29) is 30.3 Å². The molecule has 2 saturated heterocycles. The predicted molar refractivity (Wildman–Crippen MR) is 89.3 cm³/mol. The molecule has 2 aliphatic heterocycles. The topological polar surface area (TPSA) is 69.7 Å². The molecule has 6 nitrogen and oxygen atoms in total. The van der Waals surface area contributed by atoms with Crippen LogP contribution in [0.25, 0.3) is 0 Å². The highest BCUT2D eigenvalue weighted by molar-refractivity contribution is 5.94. The van der Waals surface area contributed by atoms with Gasteiger partial charge in [0.05, 0.1) is 6.54 Å². The van der Waals surface area contributed by atoms with Crippen LogP contribution in [0.15, 0.2) is 30.3 Å². The van der Waals surface area contributed by atoms with E-state index in [1.165, 1.54) is 0 Å². The Labute approximate surface area is 141 Å². The van der Waals surface area contributed by atoms with Crippen LogP contribution in [0.2, 0.25) is 0 Å². The van der Waals surface area contributed by atoms with Gasteiger partial charge < -0.3 is 15.1 Å². The third-order valence-electron chi connectivity index (χ3n) is 4.72. The van der Waals surface area contributed by atoms with E-state index >= 15 is 0 Å². The Morgan fingerprint density at radius 3 is 2.42 bits per heavy atom. The first kappa shape index (κ1) is 16.5. The molecular formula is C18H23N3O3. The summed E-state index contributed by atoms with van der Waals surface area (Å²) in [5, 5.41) is 3.03. The summed E-state index contributed by atoms with van der Waals surface area (Å²) in [4.78, 5) is 39.5. The van der Waals surface area contributed by atoms with E-state index in [0.717, 1.165) is 19.3 Å². The van der Waals surface area contributed by atoms with Crippen LogP contribution in [0.5, 0.6) is 0 Å². The van der Waals surface area contributed by atoms with Crippen LogP contribution in [-0.4, -0.2) is 59.7 Å². The van der Waals surface area contributed by atoms with Crippen LogP contribution < -0.4 is 5.32 Å². The third kappa shape index (κ3) is 3.93. The Bertz CT molecular complexity index is 609. The molecule has 0 atom stereocenters. The predicted octanol–water partition coefficient (Wildman–Crippen LogP) is 1.03. The number of rotatable bonds is 4. The largest absolute Gasteiger partial charge is 0.349 e. The van der Waals surface area contributed by atoms with E-state index in [9.17, 15) is 14.4 Å². The number of carbonyl (C=O) groups excluding carboxylic acids is 3. The second-order valence-electron chi connectivity index (χ2n) is 6.41. The van der Waals surface area contributed by atoms with Crippen LogP contribution in [0.1, 0.15) is 36.0 Å². The number of carbonyl (C=O) groups is 3. The fraction of sp³-hybridized carbons (Fsp3) is 0.500. The van der Waals surface area contributed by atoms with Gasteiger partial charge in [-0.25, -0.2) is 0 Å². The standard InChI is InChI=1S/C18H23N3O3/c22-16-7-4-10-21(16)13-17(23)20-11-8-15(9-12-20)19-18(24)14-5-2-1-3-6-14/h1-3,5-6,15H,4,7-13H2,(H,19,24). The van der Waals surface area contributed by atoms with Gasteiger partial charge >= 0.3 is 0 Å². The quantitative estimate of drug-likeness (QED) is 0.897. The Balaban J connectivity index is 1.44. The van der Waals surface area contributed by atoms with Gasteiger partial charge in [0.1, 0.15) is 0 Å².